The molecule has 4 nitrogen and oxygen atoms in total. The molecule has 0 amide bonds. The Balaban J connectivity index is 1.47. The van der Waals surface area contributed by atoms with E-state index >= 15 is 0 Å². The lowest BCUT2D eigenvalue weighted by Crippen LogP contribution is -2.47. The van der Waals surface area contributed by atoms with Gasteiger partial charge in [0, 0.05) is 39.3 Å². The van der Waals surface area contributed by atoms with Crippen LogP contribution in [-0.4, -0.2) is 47.6 Å². The molecule has 3 rings (SSSR count). The summed E-state index contributed by atoms with van der Waals surface area (Å²) in [6.45, 7) is 4.89. The van der Waals surface area contributed by atoms with Crippen molar-refractivity contribution in [3.63, 3.8) is 0 Å². The lowest BCUT2D eigenvalue weighted by atomic mass is 10.1. The first kappa shape index (κ1) is 17.6. The number of benzene rings is 2. The second-order valence-electron chi connectivity index (χ2n) is 6.46. The maximum Gasteiger partial charge on any atom is 0.123 e. The summed E-state index contributed by atoms with van der Waals surface area (Å²) in [6.07, 6.45) is -0.553. The minimum absolute atomic E-state index is 0.193. The standard InChI is InChI=1S/C20H22FN3O/c21-19-3-1-2-17(12-19)14-23-8-10-24(11-9-23)15-20(25)18-6-4-16(13-22)5-7-18/h1-7,12,20,25H,8-11,14-15H2. The number of nitrogens with zero attached hydrogens (tertiary/aromatic N) is 3. The molecule has 0 radical (unpaired) electrons. The molecule has 0 aromatic heterocycles. The molecule has 1 fully saturated rings. The van der Waals surface area contributed by atoms with Gasteiger partial charge in [-0.1, -0.05) is 24.3 Å². The van der Waals surface area contributed by atoms with Crippen LogP contribution in [-0.2, 0) is 6.54 Å². The van der Waals surface area contributed by atoms with E-state index in [0.29, 0.717) is 12.1 Å². The molecule has 0 aliphatic carbocycles. The maximum absolute atomic E-state index is 13.3. The Hall–Kier alpha value is -2.26. The molecule has 1 saturated heterocycles. The van der Waals surface area contributed by atoms with Crippen LogP contribution in [0.2, 0.25) is 0 Å². The number of aliphatic hydroxyl groups excluding tert-OH is 1. The molecular formula is C20H22FN3O. The second kappa shape index (κ2) is 8.21. The molecule has 2 aromatic carbocycles. The molecule has 0 saturated carbocycles. The van der Waals surface area contributed by atoms with Gasteiger partial charge in [-0.05, 0) is 35.4 Å². The van der Waals surface area contributed by atoms with Gasteiger partial charge in [0.15, 0.2) is 0 Å². The average molecular weight is 339 g/mol. The first-order valence-electron chi connectivity index (χ1n) is 8.51. The third-order valence-corrected chi connectivity index (χ3v) is 4.62. The molecule has 1 atom stereocenters. The van der Waals surface area contributed by atoms with Gasteiger partial charge in [0.2, 0.25) is 0 Å². The number of aliphatic hydroxyl groups is 1. The van der Waals surface area contributed by atoms with Crippen LogP contribution >= 0.6 is 0 Å². The largest absolute Gasteiger partial charge is 0.387 e. The van der Waals surface area contributed by atoms with Crippen LogP contribution in [0.1, 0.15) is 22.8 Å². The van der Waals surface area contributed by atoms with Crippen LogP contribution in [0.3, 0.4) is 0 Å². The highest BCUT2D eigenvalue weighted by atomic mass is 19.1. The molecule has 5 heteroatoms. The Morgan fingerprint density at radius 1 is 1.04 bits per heavy atom. The zero-order valence-electron chi connectivity index (χ0n) is 14.1. The van der Waals surface area contributed by atoms with E-state index in [0.717, 1.165) is 43.9 Å². The Morgan fingerprint density at radius 2 is 1.72 bits per heavy atom. The van der Waals surface area contributed by atoms with Crippen molar-refractivity contribution in [3.05, 3.63) is 71.0 Å². The van der Waals surface area contributed by atoms with Crippen molar-refractivity contribution in [2.45, 2.75) is 12.6 Å². The summed E-state index contributed by atoms with van der Waals surface area (Å²) >= 11 is 0. The molecule has 1 N–H and O–H groups in total. The van der Waals surface area contributed by atoms with Crippen molar-refractivity contribution in [2.75, 3.05) is 32.7 Å². The summed E-state index contributed by atoms with van der Waals surface area (Å²) in [5.74, 6) is -0.193. The summed E-state index contributed by atoms with van der Waals surface area (Å²) < 4.78 is 13.3. The van der Waals surface area contributed by atoms with Crippen LogP contribution < -0.4 is 0 Å². The lowest BCUT2D eigenvalue weighted by Gasteiger charge is -2.35. The first-order valence-corrected chi connectivity index (χ1v) is 8.51. The SMILES string of the molecule is N#Cc1ccc(C(O)CN2CCN(Cc3cccc(F)c3)CC2)cc1. The molecule has 0 bridgehead atoms. The Labute approximate surface area is 147 Å². The number of hydrogen-bond acceptors (Lipinski definition) is 4. The summed E-state index contributed by atoms with van der Waals surface area (Å²) in [4.78, 5) is 4.55. The van der Waals surface area contributed by atoms with Crippen LogP contribution in [0.5, 0.6) is 0 Å². The molecule has 2 aromatic rings. The maximum atomic E-state index is 13.3. The summed E-state index contributed by atoms with van der Waals surface area (Å²) in [6, 6.07) is 15.9. The fourth-order valence-corrected chi connectivity index (χ4v) is 3.15. The van der Waals surface area contributed by atoms with Crippen LogP contribution in [0.4, 0.5) is 4.39 Å². The minimum atomic E-state index is -0.553. The third kappa shape index (κ3) is 4.86. The van der Waals surface area contributed by atoms with Gasteiger partial charge >= 0.3 is 0 Å². The molecule has 1 unspecified atom stereocenters. The van der Waals surface area contributed by atoms with Crippen molar-refractivity contribution in [1.82, 2.24) is 9.80 Å². The summed E-state index contributed by atoms with van der Waals surface area (Å²) in [5, 5.41) is 19.2. The van der Waals surface area contributed by atoms with Gasteiger partial charge in [-0.25, -0.2) is 4.39 Å². The molecule has 1 heterocycles. The topological polar surface area (TPSA) is 50.5 Å². The highest BCUT2D eigenvalue weighted by Crippen LogP contribution is 2.17. The molecule has 130 valence electrons. The molecule has 25 heavy (non-hydrogen) atoms. The van der Waals surface area contributed by atoms with E-state index in [9.17, 15) is 9.50 Å². The van der Waals surface area contributed by atoms with E-state index in [-0.39, 0.29) is 5.82 Å². The van der Waals surface area contributed by atoms with E-state index in [2.05, 4.69) is 15.9 Å². The van der Waals surface area contributed by atoms with Crippen molar-refractivity contribution in [1.29, 1.82) is 5.26 Å². The fourth-order valence-electron chi connectivity index (χ4n) is 3.15. The number of nitriles is 1. The smallest absolute Gasteiger partial charge is 0.123 e. The van der Waals surface area contributed by atoms with Crippen molar-refractivity contribution in [3.8, 4) is 6.07 Å². The van der Waals surface area contributed by atoms with Crippen LogP contribution in [0, 0.1) is 17.1 Å². The predicted molar refractivity (Wildman–Crippen MR) is 94.2 cm³/mol. The van der Waals surface area contributed by atoms with Crippen molar-refractivity contribution >= 4 is 0 Å². The van der Waals surface area contributed by atoms with E-state index in [1.807, 2.05) is 18.2 Å². The second-order valence-corrected chi connectivity index (χ2v) is 6.46. The third-order valence-electron chi connectivity index (χ3n) is 4.62. The van der Waals surface area contributed by atoms with Gasteiger partial charge in [-0.3, -0.25) is 9.80 Å². The predicted octanol–water partition coefficient (Wildman–Crippen LogP) is 2.55. The number of β-amino-alcohol motifs (C(OH)–C–C–N with tert-alkyl or cyclic N) is 1. The Kier molecular flexibility index (Phi) is 5.77. The molecule has 0 spiro atoms. The highest BCUT2D eigenvalue weighted by Gasteiger charge is 2.20. The zero-order chi connectivity index (χ0) is 17.6. The summed E-state index contributed by atoms with van der Waals surface area (Å²) in [5.41, 5.74) is 2.43. The van der Waals surface area contributed by atoms with E-state index < -0.39 is 6.10 Å². The van der Waals surface area contributed by atoms with Crippen LogP contribution in [0.25, 0.3) is 0 Å². The minimum Gasteiger partial charge on any atom is -0.387 e. The quantitative estimate of drug-likeness (QED) is 0.910. The number of halogens is 1. The lowest BCUT2D eigenvalue weighted by molar-refractivity contribution is 0.0701. The van der Waals surface area contributed by atoms with E-state index in [4.69, 9.17) is 5.26 Å². The number of rotatable bonds is 5. The zero-order valence-corrected chi connectivity index (χ0v) is 14.1. The van der Waals surface area contributed by atoms with E-state index in [1.54, 1.807) is 24.3 Å². The van der Waals surface area contributed by atoms with Gasteiger partial charge in [-0.15, -0.1) is 0 Å². The first-order chi connectivity index (χ1) is 12.1. The average Bonchev–Trinajstić information content (AvgIpc) is 2.63. The summed E-state index contributed by atoms with van der Waals surface area (Å²) in [7, 11) is 0. The Morgan fingerprint density at radius 3 is 2.36 bits per heavy atom. The van der Waals surface area contributed by atoms with E-state index in [1.165, 1.54) is 6.07 Å². The van der Waals surface area contributed by atoms with Gasteiger partial charge < -0.3 is 5.11 Å². The highest BCUT2D eigenvalue weighted by molar-refractivity contribution is 5.32. The van der Waals surface area contributed by atoms with Crippen molar-refractivity contribution < 1.29 is 9.50 Å². The fraction of sp³-hybridized carbons (Fsp3) is 0.350. The number of piperazine rings is 1. The van der Waals surface area contributed by atoms with Crippen molar-refractivity contribution in [2.24, 2.45) is 0 Å². The Bertz CT molecular complexity index is 733. The molecule has 1 aliphatic heterocycles. The van der Waals surface area contributed by atoms with Gasteiger partial charge in [0.05, 0.1) is 17.7 Å². The molecule has 1 aliphatic rings. The normalized spacial score (nSPS) is 17.2. The van der Waals surface area contributed by atoms with Crippen LogP contribution in [0.15, 0.2) is 48.5 Å². The molecular weight excluding hydrogens is 317 g/mol. The van der Waals surface area contributed by atoms with Gasteiger partial charge in [0.25, 0.3) is 0 Å². The number of hydrogen-bond donors (Lipinski definition) is 1. The monoisotopic (exact) mass is 339 g/mol. The van der Waals surface area contributed by atoms with Gasteiger partial charge in [-0.2, -0.15) is 5.26 Å². The van der Waals surface area contributed by atoms with Gasteiger partial charge in [0.1, 0.15) is 5.82 Å².